The topological polar surface area (TPSA) is 78.4 Å². The molecule has 0 aliphatic heterocycles. The van der Waals surface area contributed by atoms with Crippen LogP contribution in [-0.2, 0) is 0 Å². The van der Waals surface area contributed by atoms with Gasteiger partial charge < -0.3 is 10.5 Å². The van der Waals surface area contributed by atoms with Crippen LogP contribution in [0.2, 0.25) is 0 Å². The first-order valence-corrected chi connectivity index (χ1v) is 6.05. The van der Waals surface area contributed by atoms with Crippen LogP contribution < -0.4 is 10.5 Å². The molecule has 0 aliphatic carbocycles. The molecule has 0 heterocycles. The first-order valence-electron chi connectivity index (χ1n) is 6.05. The second kappa shape index (κ2) is 5.84. The lowest BCUT2D eigenvalue weighted by Gasteiger charge is -2.14. The number of ether oxygens (including phenoxy) is 1. The average Bonchev–Trinajstić information content (AvgIpc) is 2.42. The summed E-state index contributed by atoms with van der Waals surface area (Å²) in [5, 5.41) is 10.5. The van der Waals surface area contributed by atoms with Crippen molar-refractivity contribution in [2.75, 3.05) is 0 Å². The molecule has 21 heavy (non-hydrogen) atoms. The van der Waals surface area contributed by atoms with Gasteiger partial charge in [0.05, 0.1) is 11.0 Å². The van der Waals surface area contributed by atoms with Gasteiger partial charge in [0.1, 0.15) is 11.6 Å². The summed E-state index contributed by atoms with van der Waals surface area (Å²) in [6, 6.07) is 6.18. The van der Waals surface area contributed by atoms with E-state index in [0.717, 1.165) is 24.3 Å². The Balaban J connectivity index is 2.36. The van der Waals surface area contributed by atoms with Crippen LogP contribution in [0.3, 0.4) is 0 Å². The van der Waals surface area contributed by atoms with E-state index in [2.05, 4.69) is 0 Å². The standard InChI is InChI=1S/C14H12F2N2O3/c1-8(17)11-6-9(15)2-4-13(11)21-14-5-3-10(18(19)20)7-12(14)16/h2-8H,17H2,1H3/t8-/m0/s1. The zero-order valence-electron chi connectivity index (χ0n) is 11.0. The van der Waals surface area contributed by atoms with Crippen molar-refractivity contribution < 1.29 is 18.4 Å². The van der Waals surface area contributed by atoms with Gasteiger partial charge in [0.2, 0.25) is 0 Å². The summed E-state index contributed by atoms with van der Waals surface area (Å²) in [5.74, 6) is -1.38. The second-order valence-electron chi connectivity index (χ2n) is 4.44. The minimum Gasteiger partial charge on any atom is -0.454 e. The zero-order chi connectivity index (χ0) is 15.6. The highest BCUT2D eigenvalue weighted by atomic mass is 19.1. The monoisotopic (exact) mass is 294 g/mol. The molecule has 0 saturated carbocycles. The van der Waals surface area contributed by atoms with E-state index >= 15 is 0 Å². The van der Waals surface area contributed by atoms with Crippen LogP contribution >= 0.6 is 0 Å². The third-order valence-corrected chi connectivity index (χ3v) is 2.81. The number of nitrogens with two attached hydrogens (primary N) is 1. The van der Waals surface area contributed by atoms with E-state index in [1.165, 1.54) is 12.1 Å². The molecular weight excluding hydrogens is 282 g/mol. The number of hydrogen-bond acceptors (Lipinski definition) is 4. The van der Waals surface area contributed by atoms with Crippen LogP contribution in [0, 0.1) is 21.7 Å². The van der Waals surface area contributed by atoms with Crippen LogP contribution in [0.25, 0.3) is 0 Å². The Morgan fingerprint density at radius 2 is 1.86 bits per heavy atom. The van der Waals surface area contributed by atoms with Gasteiger partial charge in [-0.05, 0) is 31.2 Å². The van der Waals surface area contributed by atoms with Gasteiger partial charge in [0.15, 0.2) is 11.6 Å². The van der Waals surface area contributed by atoms with Crippen molar-refractivity contribution in [3.63, 3.8) is 0 Å². The zero-order valence-corrected chi connectivity index (χ0v) is 11.0. The molecule has 0 unspecified atom stereocenters. The number of hydrogen-bond donors (Lipinski definition) is 1. The highest BCUT2D eigenvalue weighted by Gasteiger charge is 2.15. The number of nitro groups is 1. The molecule has 0 aromatic heterocycles. The van der Waals surface area contributed by atoms with Crippen LogP contribution in [0.15, 0.2) is 36.4 Å². The van der Waals surface area contributed by atoms with Crippen molar-refractivity contribution in [3.05, 3.63) is 63.7 Å². The molecule has 0 fully saturated rings. The van der Waals surface area contributed by atoms with E-state index in [1.807, 2.05) is 0 Å². The number of rotatable bonds is 4. The lowest BCUT2D eigenvalue weighted by molar-refractivity contribution is -0.385. The summed E-state index contributed by atoms with van der Waals surface area (Å²) in [7, 11) is 0. The van der Waals surface area contributed by atoms with E-state index in [0.29, 0.717) is 5.56 Å². The lowest BCUT2D eigenvalue weighted by Crippen LogP contribution is -2.07. The van der Waals surface area contributed by atoms with Crippen LogP contribution in [-0.4, -0.2) is 4.92 Å². The summed E-state index contributed by atoms with van der Waals surface area (Å²) in [5.41, 5.74) is 5.69. The Kier molecular flexibility index (Phi) is 4.13. The van der Waals surface area contributed by atoms with Crippen LogP contribution in [0.4, 0.5) is 14.5 Å². The third-order valence-electron chi connectivity index (χ3n) is 2.81. The fraction of sp³-hybridized carbons (Fsp3) is 0.143. The molecule has 0 spiro atoms. The second-order valence-corrected chi connectivity index (χ2v) is 4.44. The van der Waals surface area contributed by atoms with Gasteiger partial charge in [-0.25, -0.2) is 8.78 Å². The maximum absolute atomic E-state index is 13.8. The normalized spacial score (nSPS) is 12.0. The van der Waals surface area contributed by atoms with Gasteiger partial charge in [-0.3, -0.25) is 10.1 Å². The summed E-state index contributed by atoms with van der Waals surface area (Å²) in [4.78, 5) is 9.83. The van der Waals surface area contributed by atoms with Gasteiger partial charge in [-0.15, -0.1) is 0 Å². The molecule has 0 bridgehead atoms. The molecular formula is C14H12F2N2O3. The van der Waals surface area contributed by atoms with E-state index in [4.69, 9.17) is 10.5 Å². The van der Waals surface area contributed by atoms with E-state index in [1.54, 1.807) is 6.92 Å². The number of non-ortho nitro benzene ring substituents is 1. The summed E-state index contributed by atoms with van der Waals surface area (Å²) >= 11 is 0. The van der Waals surface area contributed by atoms with E-state index in [9.17, 15) is 18.9 Å². The van der Waals surface area contributed by atoms with E-state index < -0.39 is 22.6 Å². The predicted molar refractivity (Wildman–Crippen MR) is 72.1 cm³/mol. The van der Waals surface area contributed by atoms with Crippen molar-refractivity contribution in [1.29, 1.82) is 0 Å². The van der Waals surface area contributed by atoms with Crippen LogP contribution in [0.5, 0.6) is 11.5 Å². The van der Waals surface area contributed by atoms with Crippen molar-refractivity contribution in [1.82, 2.24) is 0 Å². The molecule has 2 rings (SSSR count). The highest BCUT2D eigenvalue weighted by molar-refractivity contribution is 5.43. The quantitative estimate of drug-likeness (QED) is 0.689. The molecule has 0 radical (unpaired) electrons. The molecule has 2 aromatic rings. The van der Waals surface area contributed by atoms with Crippen LogP contribution in [0.1, 0.15) is 18.5 Å². The molecule has 7 heteroatoms. The Morgan fingerprint density at radius 1 is 1.19 bits per heavy atom. The smallest absolute Gasteiger partial charge is 0.272 e. The Hall–Kier alpha value is -2.54. The molecule has 2 N–H and O–H groups in total. The van der Waals surface area contributed by atoms with Crippen molar-refractivity contribution in [2.45, 2.75) is 13.0 Å². The SMILES string of the molecule is C[C@H](N)c1cc(F)ccc1Oc1ccc([N+](=O)[O-])cc1F. The fourth-order valence-corrected chi connectivity index (χ4v) is 1.77. The summed E-state index contributed by atoms with van der Waals surface area (Å²) in [6.45, 7) is 1.63. The van der Waals surface area contributed by atoms with Crippen molar-refractivity contribution in [3.8, 4) is 11.5 Å². The van der Waals surface area contributed by atoms with Gasteiger partial charge in [-0.2, -0.15) is 0 Å². The van der Waals surface area contributed by atoms with Gasteiger partial charge in [0, 0.05) is 17.7 Å². The summed E-state index contributed by atoms with van der Waals surface area (Å²) < 4.78 is 32.3. The molecule has 0 aliphatic rings. The largest absolute Gasteiger partial charge is 0.454 e. The predicted octanol–water partition coefficient (Wildman–Crippen LogP) is 3.69. The molecule has 0 amide bonds. The number of halogens is 2. The first-order chi connectivity index (χ1) is 9.88. The molecule has 5 nitrogen and oxygen atoms in total. The Bertz CT molecular complexity index is 690. The highest BCUT2D eigenvalue weighted by Crippen LogP contribution is 2.32. The summed E-state index contributed by atoms with van der Waals surface area (Å²) in [6.07, 6.45) is 0. The number of nitrogens with zero attached hydrogens (tertiary/aromatic N) is 1. The maximum atomic E-state index is 13.8. The Morgan fingerprint density at radius 3 is 2.43 bits per heavy atom. The lowest BCUT2D eigenvalue weighted by atomic mass is 10.1. The number of nitro benzene ring substituents is 1. The minimum atomic E-state index is -0.885. The molecule has 0 saturated heterocycles. The van der Waals surface area contributed by atoms with Crippen molar-refractivity contribution >= 4 is 5.69 Å². The Labute approximate surface area is 119 Å². The fourth-order valence-electron chi connectivity index (χ4n) is 1.77. The third kappa shape index (κ3) is 3.32. The molecule has 110 valence electrons. The van der Waals surface area contributed by atoms with Gasteiger partial charge in [0.25, 0.3) is 5.69 Å². The molecule has 2 aromatic carbocycles. The first kappa shape index (κ1) is 14.9. The van der Waals surface area contributed by atoms with Gasteiger partial charge in [-0.1, -0.05) is 0 Å². The number of benzene rings is 2. The molecule has 1 atom stereocenters. The van der Waals surface area contributed by atoms with E-state index in [-0.39, 0.29) is 17.2 Å². The maximum Gasteiger partial charge on any atom is 0.272 e. The van der Waals surface area contributed by atoms with Crippen molar-refractivity contribution in [2.24, 2.45) is 5.73 Å². The minimum absolute atomic E-state index is 0.194. The van der Waals surface area contributed by atoms with Gasteiger partial charge >= 0.3 is 0 Å². The average molecular weight is 294 g/mol.